The topological polar surface area (TPSA) is 56.0 Å². The lowest BCUT2D eigenvalue weighted by Gasteiger charge is -2.46. The first kappa shape index (κ1) is 26.4. The molecule has 2 aliphatic heterocycles. The fourth-order valence-corrected chi connectivity index (χ4v) is 6.65. The molecule has 5 aromatic rings. The molecule has 1 aromatic heterocycles. The van der Waals surface area contributed by atoms with Gasteiger partial charge in [0.15, 0.2) is 11.5 Å². The zero-order chi connectivity index (χ0) is 28.8. The molecule has 0 aliphatic carbocycles. The van der Waals surface area contributed by atoms with Crippen LogP contribution in [0.4, 0.5) is 4.39 Å². The number of hydrogen-bond acceptors (Lipinski definition) is 5. The molecule has 1 N–H and O–H groups in total. The molecule has 3 heterocycles. The maximum absolute atomic E-state index is 14.0. The molecule has 7 heteroatoms. The van der Waals surface area contributed by atoms with E-state index in [4.69, 9.17) is 18.9 Å². The minimum atomic E-state index is -0.235. The Balaban J connectivity index is 1.32. The molecule has 0 saturated heterocycles. The number of nitrogens with one attached hydrogen (secondary N) is 1. The SMILES string of the molecule is COc1cccc(COc2cc3c(cc2OC)CCN2C3Cc3c([nH]c4ccc(OC)cc34)C2c2ccc(F)cc2)c1. The molecular formula is C35H33FN2O4. The third-order valence-electron chi connectivity index (χ3n) is 8.69. The summed E-state index contributed by atoms with van der Waals surface area (Å²) >= 11 is 0. The summed E-state index contributed by atoms with van der Waals surface area (Å²) in [4.78, 5) is 6.26. The molecule has 0 saturated carbocycles. The highest BCUT2D eigenvalue weighted by Gasteiger charge is 2.41. The zero-order valence-corrected chi connectivity index (χ0v) is 23.9. The third kappa shape index (κ3) is 4.54. The Morgan fingerprint density at radius 2 is 1.67 bits per heavy atom. The number of benzene rings is 4. The van der Waals surface area contributed by atoms with Crippen molar-refractivity contribution in [3.05, 3.63) is 118 Å². The standard InChI is InChI=1S/C35H33FN2O4/c1-39-25-6-4-5-21(15-25)20-42-33-19-27-23(16-32(33)41-3)13-14-38-31(27)18-29-28-17-26(40-2)11-12-30(28)37-34(29)35(38)22-7-9-24(36)10-8-22/h4-12,15-17,19,31,35,37H,13-14,18,20H2,1-3H3. The van der Waals surface area contributed by atoms with Gasteiger partial charge in [0.2, 0.25) is 0 Å². The summed E-state index contributed by atoms with van der Waals surface area (Å²) < 4.78 is 37.2. The third-order valence-corrected chi connectivity index (χ3v) is 8.69. The van der Waals surface area contributed by atoms with Crippen molar-refractivity contribution in [1.29, 1.82) is 0 Å². The smallest absolute Gasteiger partial charge is 0.162 e. The molecule has 2 atom stereocenters. The predicted molar refractivity (Wildman–Crippen MR) is 160 cm³/mol. The summed E-state index contributed by atoms with van der Waals surface area (Å²) in [5.74, 6) is 2.83. The molecule has 0 amide bonds. The Morgan fingerprint density at radius 3 is 2.45 bits per heavy atom. The lowest BCUT2D eigenvalue weighted by Crippen LogP contribution is -2.43. The number of halogens is 1. The summed E-state index contributed by atoms with van der Waals surface area (Å²) in [7, 11) is 5.05. The van der Waals surface area contributed by atoms with Crippen LogP contribution in [-0.2, 0) is 19.4 Å². The highest BCUT2D eigenvalue weighted by atomic mass is 19.1. The molecule has 0 radical (unpaired) electrons. The molecule has 0 spiro atoms. The molecule has 214 valence electrons. The van der Waals surface area contributed by atoms with Crippen LogP contribution in [0.5, 0.6) is 23.0 Å². The molecule has 4 aromatic carbocycles. The highest BCUT2D eigenvalue weighted by Crippen LogP contribution is 2.50. The summed E-state index contributed by atoms with van der Waals surface area (Å²) in [5.41, 5.74) is 8.08. The number of aromatic nitrogens is 1. The molecule has 7 rings (SSSR count). The van der Waals surface area contributed by atoms with E-state index >= 15 is 0 Å². The second-order valence-electron chi connectivity index (χ2n) is 10.9. The number of rotatable bonds is 7. The van der Waals surface area contributed by atoms with Crippen LogP contribution in [0.1, 0.15) is 45.6 Å². The van der Waals surface area contributed by atoms with Gasteiger partial charge >= 0.3 is 0 Å². The van der Waals surface area contributed by atoms with Gasteiger partial charge < -0.3 is 23.9 Å². The normalized spacial score (nSPS) is 17.7. The van der Waals surface area contributed by atoms with Crippen molar-refractivity contribution >= 4 is 10.9 Å². The summed E-state index contributed by atoms with van der Waals surface area (Å²) in [6.07, 6.45) is 1.70. The maximum Gasteiger partial charge on any atom is 0.162 e. The van der Waals surface area contributed by atoms with Crippen molar-refractivity contribution in [3.8, 4) is 23.0 Å². The van der Waals surface area contributed by atoms with E-state index in [9.17, 15) is 4.39 Å². The number of methoxy groups -OCH3 is 3. The van der Waals surface area contributed by atoms with Crippen LogP contribution in [0, 0.1) is 5.82 Å². The number of fused-ring (bicyclic) bond motifs is 6. The second kappa shape index (κ2) is 10.7. The Kier molecular flexibility index (Phi) is 6.75. The minimum absolute atomic E-state index is 0.0471. The second-order valence-corrected chi connectivity index (χ2v) is 10.9. The van der Waals surface area contributed by atoms with Gasteiger partial charge in [-0.3, -0.25) is 4.90 Å². The Hall–Kier alpha value is -4.49. The summed E-state index contributed by atoms with van der Waals surface area (Å²) in [6, 6.07) is 25.3. The molecule has 42 heavy (non-hydrogen) atoms. The van der Waals surface area contributed by atoms with Gasteiger partial charge in [-0.15, -0.1) is 0 Å². The van der Waals surface area contributed by atoms with Gasteiger partial charge in [-0.2, -0.15) is 0 Å². The van der Waals surface area contributed by atoms with E-state index in [0.29, 0.717) is 12.4 Å². The van der Waals surface area contributed by atoms with Crippen molar-refractivity contribution in [2.24, 2.45) is 0 Å². The summed E-state index contributed by atoms with van der Waals surface area (Å²) in [6.45, 7) is 1.26. The molecule has 0 fully saturated rings. The lowest BCUT2D eigenvalue weighted by molar-refractivity contribution is 0.127. The average Bonchev–Trinajstić information content (AvgIpc) is 3.40. The van der Waals surface area contributed by atoms with E-state index in [2.05, 4.69) is 34.1 Å². The van der Waals surface area contributed by atoms with Gasteiger partial charge in [-0.05, 0) is 95.3 Å². The van der Waals surface area contributed by atoms with Crippen molar-refractivity contribution in [2.45, 2.75) is 31.5 Å². The van der Waals surface area contributed by atoms with Gasteiger partial charge in [0.05, 0.1) is 27.4 Å². The van der Waals surface area contributed by atoms with Crippen LogP contribution in [-0.4, -0.2) is 37.8 Å². The lowest BCUT2D eigenvalue weighted by atomic mass is 9.80. The van der Waals surface area contributed by atoms with E-state index in [1.807, 2.05) is 42.5 Å². The largest absolute Gasteiger partial charge is 0.497 e. The molecule has 0 bridgehead atoms. The summed E-state index contributed by atoms with van der Waals surface area (Å²) in [5, 5.41) is 1.16. The van der Waals surface area contributed by atoms with Crippen LogP contribution in [0.15, 0.2) is 78.9 Å². The molecule has 2 unspecified atom stereocenters. The first-order chi connectivity index (χ1) is 20.6. The van der Waals surface area contributed by atoms with Crippen LogP contribution < -0.4 is 18.9 Å². The fraction of sp³-hybridized carbons (Fsp3) is 0.257. The minimum Gasteiger partial charge on any atom is -0.497 e. The van der Waals surface area contributed by atoms with Gasteiger partial charge in [0.1, 0.15) is 23.9 Å². The maximum atomic E-state index is 14.0. The van der Waals surface area contributed by atoms with Gasteiger partial charge in [-0.1, -0.05) is 24.3 Å². The number of aromatic amines is 1. The first-order valence-corrected chi connectivity index (χ1v) is 14.2. The van der Waals surface area contributed by atoms with Crippen LogP contribution in [0.25, 0.3) is 10.9 Å². The number of hydrogen-bond donors (Lipinski definition) is 1. The van der Waals surface area contributed by atoms with E-state index in [1.54, 1.807) is 33.5 Å². The van der Waals surface area contributed by atoms with E-state index in [1.165, 1.54) is 16.7 Å². The van der Waals surface area contributed by atoms with Crippen LogP contribution in [0.3, 0.4) is 0 Å². The van der Waals surface area contributed by atoms with Gasteiger partial charge in [0, 0.05) is 29.2 Å². The Morgan fingerprint density at radius 1 is 0.857 bits per heavy atom. The van der Waals surface area contributed by atoms with Crippen molar-refractivity contribution in [2.75, 3.05) is 27.9 Å². The highest BCUT2D eigenvalue weighted by molar-refractivity contribution is 5.87. The predicted octanol–water partition coefficient (Wildman–Crippen LogP) is 7.16. The van der Waals surface area contributed by atoms with Crippen molar-refractivity contribution in [3.63, 3.8) is 0 Å². The van der Waals surface area contributed by atoms with E-state index in [0.717, 1.165) is 64.4 Å². The van der Waals surface area contributed by atoms with Gasteiger partial charge in [0.25, 0.3) is 0 Å². The Bertz CT molecular complexity index is 1760. The first-order valence-electron chi connectivity index (χ1n) is 14.2. The quantitative estimate of drug-likeness (QED) is 0.227. The fourth-order valence-electron chi connectivity index (χ4n) is 6.65. The molecular weight excluding hydrogens is 531 g/mol. The Labute approximate surface area is 244 Å². The molecule has 2 aliphatic rings. The van der Waals surface area contributed by atoms with Crippen LogP contribution >= 0.6 is 0 Å². The van der Waals surface area contributed by atoms with Crippen molar-refractivity contribution < 1.29 is 23.3 Å². The zero-order valence-electron chi connectivity index (χ0n) is 23.9. The van der Waals surface area contributed by atoms with Crippen molar-refractivity contribution in [1.82, 2.24) is 9.88 Å². The molecule has 6 nitrogen and oxygen atoms in total. The van der Waals surface area contributed by atoms with Gasteiger partial charge in [-0.25, -0.2) is 4.39 Å². The van der Waals surface area contributed by atoms with E-state index < -0.39 is 0 Å². The van der Waals surface area contributed by atoms with Crippen LogP contribution in [0.2, 0.25) is 0 Å². The number of H-pyrrole nitrogens is 1. The van der Waals surface area contributed by atoms with E-state index in [-0.39, 0.29) is 17.9 Å². The number of ether oxygens (including phenoxy) is 4. The average molecular weight is 565 g/mol. The monoisotopic (exact) mass is 564 g/mol. The number of nitrogens with zero attached hydrogens (tertiary/aromatic N) is 1.